The summed E-state index contributed by atoms with van der Waals surface area (Å²) in [6.07, 6.45) is 3.05. The molecule has 0 bridgehead atoms. The highest BCUT2D eigenvalue weighted by atomic mass is 16.5. The molecular weight excluding hydrogens is 280 g/mol. The van der Waals surface area contributed by atoms with Crippen molar-refractivity contribution in [2.45, 2.75) is 6.92 Å². The van der Waals surface area contributed by atoms with Crippen LogP contribution in [0.1, 0.15) is 21.5 Å². The first-order chi connectivity index (χ1) is 10.5. The summed E-state index contributed by atoms with van der Waals surface area (Å²) in [5, 5.41) is 9.79. The monoisotopic (exact) mass is 298 g/mol. The predicted octanol–water partition coefficient (Wildman–Crippen LogP) is 3.61. The lowest BCUT2D eigenvalue weighted by Crippen LogP contribution is -1.96. The molecule has 0 heterocycles. The number of ketones is 1. The molecule has 22 heavy (non-hydrogen) atoms. The number of carbonyl (C=O) groups is 1. The molecule has 0 aliphatic heterocycles. The van der Waals surface area contributed by atoms with Gasteiger partial charge in [-0.2, -0.15) is 0 Å². The summed E-state index contributed by atoms with van der Waals surface area (Å²) in [5.41, 5.74) is 1.91. The zero-order chi connectivity index (χ0) is 16.1. The molecule has 0 spiro atoms. The zero-order valence-corrected chi connectivity index (χ0v) is 12.8. The Morgan fingerprint density at radius 2 is 1.86 bits per heavy atom. The second kappa shape index (κ2) is 6.80. The summed E-state index contributed by atoms with van der Waals surface area (Å²) in [7, 11) is 3.14. The number of ether oxygens (including phenoxy) is 2. The van der Waals surface area contributed by atoms with Gasteiger partial charge in [0.25, 0.3) is 0 Å². The second-order valence-electron chi connectivity index (χ2n) is 4.83. The van der Waals surface area contributed by atoms with Crippen LogP contribution in [0.3, 0.4) is 0 Å². The van der Waals surface area contributed by atoms with Crippen molar-refractivity contribution in [1.82, 2.24) is 0 Å². The smallest absolute Gasteiger partial charge is 0.189 e. The van der Waals surface area contributed by atoms with Gasteiger partial charge in [0.1, 0.15) is 17.2 Å². The molecule has 0 fully saturated rings. The molecule has 0 aliphatic rings. The van der Waals surface area contributed by atoms with Gasteiger partial charge < -0.3 is 14.6 Å². The molecule has 4 nitrogen and oxygen atoms in total. The molecule has 0 aromatic heterocycles. The molecule has 2 aromatic rings. The van der Waals surface area contributed by atoms with Gasteiger partial charge in [-0.25, -0.2) is 0 Å². The number of methoxy groups -OCH3 is 2. The number of hydrogen-bond donors (Lipinski definition) is 1. The van der Waals surface area contributed by atoms with Crippen LogP contribution in [0.15, 0.2) is 42.5 Å². The van der Waals surface area contributed by atoms with Crippen LogP contribution in [0.25, 0.3) is 6.08 Å². The van der Waals surface area contributed by atoms with Gasteiger partial charge in [-0.1, -0.05) is 11.6 Å². The molecule has 4 heteroatoms. The highest BCUT2D eigenvalue weighted by molar-refractivity contribution is 6.08. The number of rotatable bonds is 5. The summed E-state index contributed by atoms with van der Waals surface area (Å²) < 4.78 is 10.4. The van der Waals surface area contributed by atoms with Crippen LogP contribution in [0, 0.1) is 6.92 Å². The van der Waals surface area contributed by atoms with E-state index in [-0.39, 0.29) is 17.1 Å². The van der Waals surface area contributed by atoms with Crippen molar-refractivity contribution in [2.24, 2.45) is 0 Å². The molecule has 0 unspecified atom stereocenters. The summed E-state index contributed by atoms with van der Waals surface area (Å²) in [6, 6.07) is 10.3. The number of carbonyl (C=O) groups excluding carboxylic acids is 1. The van der Waals surface area contributed by atoms with Gasteiger partial charge in [0.2, 0.25) is 0 Å². The van der Waals surface area contributed by atoms with Crippen molar-refractivity contribution in [1.29, 1.82) is 0 Å². The first-order valence-corrected chi connectivity index (χ1v) is 6.79. The number of aromatic hydroxyl groups is 1. The van der Waals surface area contributed by atoms with E-state index in [4.69, 9.17) is 9.47 Å². The van der Waals surface area contributed by atoms with Crippen LogP contribution >= 0.6 is 0 Å². The second-order valence-corrected chi connectivity index (χ2v) is 4.83. The minimum Gasteiger partial charge on any atom is -0.507 e. The lowest BCUT2D eigenvalue weighted by atomic mass is 10.0. The van der Waals surface area contributed by atoms with E-state index in [0.29, 0.717) is 11.5 Å². The molecule has 2 aromatic carbocycles. The molecule has 0 radical (unpaired) electrons. The Hall–Kier alpha value is -2.75. The van der Waals surface area contributed by atoms with Crippen molar-refractivity contribution < 1.29 is 19.4 Å². The van der Waals surface area contributed by atoms with E-state index in [9.17, 15) is 9.90 Å². The van der Waals surface area contributed by atoms with Gasteiger partial charge in [0.05, 0.1) is 19.8 Å². The summed E-state index contributed by atoms with van der Waals surface area (Å²) in [4.78, 5) is 12.2. The van der Waals surface area contributed by atoms with Crippen molar-refractivity contribution in [3.63, 3.8) is 0 Å². The third-order valence-corrected chi connectivity index (χ3v) is 3.27. The van der Waals surface area contributed by atoms with Gasteiger partial charge in [0.15, 0.2) is 5.78 Å². The molecule has 1 N–H and O–H groups in total. The predicted molar refractivity (Wildman–Crippen MR) is 85.8 cm³/mol. The van der Waals surface area contributed by atoms with E-state index >= 15 is 0 Å². The number of hydrogen-bond acceptors (Lipinski definition) is 4. The molecule has 0 atom stereocenters. The van der Waals surface area contributed by atoms with Gasteiger partial charge in [-0.05, 0) is 49.4 Å². The van der Waals surface area contributed by atoms with Crippen molar-refractivity contribution in [2.75, 3.05) is 14.2 Å². The lowest BCUT2D eigenvalue weighted by Gasteiger charge is -2.07. The maximum absolute atomic E-state index is 12.2. The van der Waals surface area contributed by atoms with E-state index < -0.39 is 0 Å². The summed E-state index contributed by atoms with van der Waals surface area (Å²) >= 11 is 0. The largest absolute Gasteiger partial charge is 0.507 e. The average molecular weight is 298 g/mol. The number of phenols is 1. The third-order valence-electron chi connectivity index (χ3n) is 3.27. The third kappa shape index (κ3) is 3.47. The van der Waals surface area contributed by atoms with E-state index in [0.717, 1.165) is 11.1 Å². The molecule has 0 amide bonds. The average Bonchev–Trinajstić information content (AvgIpc) is 2.54. The van der Waals surface area contributed by atoms with E-state index in [1.54, 1.807) is 50.6 Å². The number of allylic oxidation sites excluding steroid dienone is 1. The summed E-state index contributed by atoms with van der Waals surface area (Å²) in [5.74, 6) is 1.01. The van der Waals surface area contributed by atoms with Crippen molar-refractivity contribution >= 4 is 11.9 Å². The maximum Gasteiger partial charge on any atom is 0.189 e. The Kier molecular flexibility index (Phi) is 4.84. The molecule has 0 aliphatic carbocycles. The molecule has 0 saturated carbocycles. The molecule has 114 valence electrons. The Balaban J connectivity index is 2.31. The fraction of sp³-hybridized carbons (Fsp3) is 0.167. The van der Waals surface area contributed by atoms with Crippen LogP contribution in [-0.2, 0) is 0 Å². The maximum atomic E-state index is 12.2. The quantitative estimate of drug-likeness (QED) is 0.676. The van der Waals surface area contributed by atoms with Crippen LogP contribution in [0.2, 0.25) is 0 Å². The molecule has 0 saturated heterocycles. The topological polar surface area (TPSA) is 55.8 Å². The van der Waals surface area contributed by atoms with Gasteiger partial charge in [-0.3, -0.25) is 4.79 Å². The standard InChI is InChI=1S/C18H18O4/c1-12-4-7-16(19)15(10-12)17(20)8-5-13-11-14(21-2)6-9-18(13)22-3/h4-11,19H,1-3H3/b8-5+. The Morgan fingerprint density at radius 3 is 2.55 bits per heavy atom. The fourth-order valence-electron chi connectivity index (χ4n) is 2.07. The Bertz CT molecular complexity index is 717. The van der Waals surface area contributed by atoms with Crippen LogP contribution in [0.5, 0.6) is 17.2 Å². The van der Waals surface area contributed by atoms with Gasteiger partial charge in [-0.15, -0.1) is 0 Å². The number of aryl methyl sites for hydroxylation is 1. The number of phenolic OH excluding ortho intramolecular Hbond substituents is 1. The fourth-order valence-corrected chi connectivity index (χ4v) is 2.07. The first kappa shape index (κ1) is 15.6. The minimum absolute atomic E-state index is 0.0298. The zero-order valence-electron chi connectivity index (χ0n) is 12.8. The van der Waals surface area contributed by atoms with Crippen LogP contribution in [0.4, 0.5) is 0 Å². The van der Waals surface area contributed by atoms with Crippen LogP contribution in [-0.4, -0.2) is 25.1 Å². The number of benzene rings is 2. The highest BCUT2D eigenvalue weighted by Gasteiger charge is 2.09. The van der Waals surface area contributed by atoms with E-state index in [1.807, 2.05) is 6.92 Å². The van der Waals surface area contributed by atoms with E-state index in [2.05, 4.69) is 0 Å². The normalized spacial score (nSPS) is 10.7. The van der Waals surface area contributed by atoms with E-state index in [1.165, 1.54) is 12.1 Å². The minimum atomic E-state index is -0.272. The Labute approximate surface area is 129 Å². The van der Waals surface area contributed by atoms with Crippen molar-refractivity contribution in [3.05, 3.63) is 59.2 Å². The van der Waals surface area contributed by atoms with Crippen molar-refractivity contribution in [3.8, 4) is 17.2 Å². The van der Waals surface area contributed by atoms with Gasteiger partial charge >= 0.3 is 0 Å². The molecule has 2 rings (SSSR count). The highest BCUT2D eigenvalue weighted by Crippen LogP contribution is 2.26. The SMILES string of the molecule is COc1ccc(OC)c(/C=C/C(=O)c2cc(C)ccc2O)c1. The summed E-state index contributed by atoms with van der Waals surface area (Å²) in [6.45, 7) is 1.87. The Morgan fingerprint density at radius 1 is 1.09 bits per heavy atom. The van der Waals surface area contributed by atoms with Gasteiger partial charge in [0, 0.05) is 5.56 Å². The molecular formula is C18H18O4. The lowest BCUT2D eigenvalue weighted by molar-refractivity contribution is 0.104. The van der Waals surface area contributed by atoms with Crippen LogP contribution < -0.4 is 9.47 Å². The first-order valence-electron chi connectivity index (χ1n) is 6.79.